The minimum atomic E-state index is -0.142. The van der Waals surface area contributed by atoms with E-state index in [1.54, 1.807) is 0 Å². The second kappa shape index (κ2) is 5.55. The van der Waals surface area contributed by atoms with Crippen LogP contribution in [0.5, 0.6) is 0 Å². The number of carbonyl (C=O) groups is 1. The minimum Gasteiger partial charge on any atom is -0.368 e. The molecule has 0 aliphatic carbocycles. The maximum absolute atomic E-state index is 12.1. The maximum Gasteiger partial charge on any atom is 0.251 e. The highest BCUT2D eigenvalue weighted by Crippen LogP contribution is 2.21. The van der Waals surface area contributed by atoms with E-state index in [2.05, 4.69) is 10.2 Å². The predicted molar refractivity (Wildman–Crippen MR) is 68.4 cm³/mol. The van der Waals surface area contributed by atoms with Crippen LogP contribution in [0, 0.1) is 0 Å². The summed E-state index contributed by atoms with van der Waals surface area (Å²) in [6.45, 7) is 7.05. The van der Waals surface area contributed by atoms with E-state index in [9.17, 15) is 4.79 Å². The number of rotatable bonds is 2. The third-order valence-corrected chi connectivity index (χ3v) is 4.27. The number of amides is 1. The van der Waals surface area contributed by atoms with E-state index in [0.717, 1.165) is 52.2 Å². The van der Waals surface area contributed by atoms with Crippen molar-refractivity contribution in [2.45, 2.75) is 31.4 Å². The smallest absolute Gasteiger partial charge is 0.251 e. The van der Waals surface area contributed by atoms with Gasteiger partial charge in [-0.05, 0) is 32.4 Å². The highest BCUT2D eigenvalue weighted by atomic mass is 16.5. The molecule has 0 aromatic heterocycles. The van der Waals surface area contributed by atoms with Gasteiger partial charge in [-0.25, -0.2) is 0 Å². The van der Waals surface area contributed by atoms with Gasteiger partial charge in [-0.15, -0.1) is 0 Å². The number of hydrogen-bond donors (Lipinski definition) is 1. The van der Waals surface area contributed by atoms with Crippen LogP contribution in [-0.4, -0.2) is 73.7 Å². The monoisotopic (exact) mass is 253 g/mol. The van der Waals surface area contributed by atoms with Crippen molar-refractivity contribution >= 4 is 5.91 Å². The van der Waals surface area contributed by atoms with Crippen LogP contribution in [0.15, 0.2) is 0 Å². The lowest BCUT2D eigenvalue weighted by Crippen LogP contribution is -2.63. The zero-order valence-corrected chi connectivity index (χ0v) is 10.9. The van der Waals surface area contributed by atoms with Crippen LogP contribution < -0.4 is 5.32 Å². The van der Waals surface area contributed by atoms with Gasteiger partial charge < -0.3 is 15.0 Å². The molecule has 0 spiro atoms. The Hall–Kier alpha value is -0.650. The number of hydrogen-bond acceptors (Lipinski definition) is 4. The first kappa shape index (κ1) is 12.4. The number of nitrogens with one attached hydrogen (secondary N) is 1. The summed E-state index contributed by atoms with van der Waals surface area (Å²) in [5.74, 6) is 0.219. The van der Waals surface area contributed by atoms with E-state index in [1.807, 2.05) is 4.90 Å². The first-order valence-corrected chi connectivity index (χ1v) is 7.20. The Kier molecular flexibility index (Phi) is 3.82. The molecule has 0 saturated carbocycles. The van der Waals surface area contributed by atoms with Crippen LogP contribution in [0.3, 0.4) is 0 Å². The second-order valence-corrected chi connectivity index (χ2v) is 5.54. The molecular formula is C13H23N3O2. The molecule has 1 atom stereocenters. The number of likely N-dealkylation sites (tertiary alicyclic amines) is 1. The molecule has 3 saturated heterocycles. The van der Waals surface area contributed by atoms with Gasteiger partial charge in [0.2, 0.25) is 0 Å². The zero-order valence-electron chi connectivity index (χ0n) is 10.9. The molecule has 1 N–H and O–H groups in total. The molecule has 3 rings (SSSR count). The van der Waals surface area contributed by atoms with Crippen molar-refractivity contribution in [3.63, 3.8) is 0 Å². The van der Waals surface area contributed by atoms with E-state index in [1.165, 1.54) is 13.0 Å². The molecule has 0 aromatic rings. The molecule has 3 aliphatic heterocycles. The third-order valence-electron chi connectivity index (χ3n) is 4.27. The number of nitrogens with zero attached hydrogens (tertiary/aromatic N) is 2. The van der Waals surface area contributed by atoms with Crippen LogP contribution in [0.1, 0.15) is 19.3 Å². The van der Waals surface area contributed by atoms with Crippen molar-refractivity contribution in [2.24, 2.45) is 0 Å². The Labute approximate surface area is 108 Å². The maximum atomic E-state index is 12.1. The van der Waals surface area contributed by atoms with E-state index < -0.39 is 0 Å². The lowest BCUT2D eigenvalue weighted by atomic mass is 10.0. The van der Waals surface area contributed by atoms with Crippen LogP contribution in [-0.2, 0) is 9.53 Å². The molecule has 1 unspecified atom stereocenters. The Bertz CT molecular complexity index is 291. The van der Waals surface area contributed by atoms with Gasteiger partial charge >= 0.3 is 0 Å². The first-order chi connectivity index (χ1) is 8.84. The highest BCUT2D eigenvalue weighted by molar-refractivity contribution is 5.82. The van der Waals surface area contributed by atoms with Gasteiger partial charge in [0.15, 0.2) is 0 Å². The van der Waals surface area contributed by atoms with Crippen molar-refractivity contribution in [3.8, 4) is 0 Å². The minimum absolute atomic E-state index is 0.142. The molecule has 5 nitrogen and oxygen atoms in total. The van der Waals surface area contributed by atoms with Crippen molar-refractivity contribution < 1.29 is 9.53 Å². The van der Waals surface area contributed by atoms with E-state index in [-0.39, 0.29) is 12.0 Å². The largest absolute Gasteiger partial charge is 0.368 e. The number of carbonyl (C=O) groups excluding carboxylic acids is 1. The fourth-order valence-corrected chi connectivity index (χ4v) is 3.07. The van der Waals surface area contributed by atoms with Crippen LogP contribution in [0.4, 0.5) is 0 Å². The molecule has 18 heavy (non-hydrogen) atoms. The van der Waals surface area contributed by atoms with Crippen molar-refractivity contribution in [2.75, 3.05) is 45.9 Å². The van der Waals surface area contributed by atoms with Crippen molar-refractivity contribution in [1.29, 1.82) is 0 Å². The highest BCUT2D eigenvalue weighted by Gasteiger charge is 2.38. The molecule has 1 amide bonds. The third kappa shape index (κ3) is 2.53. The normalized spacial score (nSPS) is 31.1. The summed E-state index contributed by atoms with van der Waals surface area (Å²) >= 11 is 0. The molecule has 3 aliphatic rings. The van der Waals surface area contributed by atoms with Gasteiger partial charge in [-0.1, -0.05) is 0 Å². The zero-order chi connectivity index (χ0) is 12.4. The summed E-state index contributed by atoms with van der Waals surface area (Å²) in [5, 5.41) is 3.42. The molecule has 5 heteroatoms. The fraction of sp³-hybridized carbons (Fsp3) is 0.923. The van der Waals surface area contributed by atoms with Gasteiger partial charge in [0.25, 0.3) is 5.91 Å². The topological polar surface area (TPSA) is 44.8 Å². The molecule has 3 heterocycles. The van der Waals surface area contributed by atoms with Gasteiger partial charge in [-0.3, -0.25) is 9.69 Å². The summed E-state index contributed by atoms with van der Waals surface area (Å²) in [7, 11) is 0. The van der Waals surface area contributed by atoms with Gasteiger partial charge in [0, 0.05) is 38.8 Å². The first-order valence-electron chi connectivity index (χ1n) is 7.20. The summed E-state index contributed by atoms with van der Waals surface area (Å²) in [6.07, 6.45) is 3.02. The van der Waals surface area contributed by atoms with Crippen molar-refractivity contribution in [1.82, 2.24) is 15.1 Å². The molecule has 3 fully saturated rings. The molecule has 102 valence electrons. The standard InChI is InChI=1S/C13H23N3O2/c17-13(12-3-1-8-18-12)16-9-11(10-16)15-6-2-4-14-5-7-15/h11-12,14H,1-10H2. The lowest BCUT2D eigenvalue weighted by Gasteiger charge is -2.45. The van der Waals surface area contributed by atoms with E-state index in [4.69, 9.17) is 4.74 Å². The lowest BCUT2D eigenvalue weighted by molar-refractivity contribution is -0.148. The predicted octanol–water partition coefficient (Wildman–Crippen LogP) is -0.328. The Morgan fingerprint density at radius 3 is 2.83 bits per heavy atom. The van der Waals surface area contributed by atoms with E-state index in [0.29, 0.717) is 6.04 Å². The summed E-state index contributed by atoms with van der Waals surface area (Å²) in [4.78, 5) is 16.6. The van der Waals surface area contributed by atoms with Gasteiger partial charge in [-0.2, -0.15) is 0 Å². The fourth-order valence-electron chi connectivity index (χ4n) is 3.07. The summed E-state index contributed by atoms with van der Waals surface area (Å²) in [5.41, 5.74) is 0. The Morgan fingerprint density at radius 2 is 2.06 bits per heavy atom. The molecular weight excluding hydrogens is 230 g/mol. The van der Waals surface area contributed by atoms with Crippen LogP contribution in [0.25, 0.3) is 0 Å². The Morgan fingerprint density at radius 1 is 1.17 bits per heavy atom. The summed E-state index contributed by atoms with van der Waals surface area (Å²) < 4.78 is 5.46. The SMILES string of the molecule is O=C(C1CCCO1)N1CC(N2CCCNCC2)C1. The molecule has 0 aromatic carbocycles. The second-order valence-electron chi connectivity index (χ2n) is 5.54. The average molecular weight is 253 g/mol. The van der Waals surface area contributed by atoms with Crippen LogP contribution in [0.2, 0.25) is 0 Å². The van der Waals surface area contributed by atoms with Crippen molar-refractivity contribution in [3.05, 3.63) is 0 Å². The van der Waals surface area contributed by atoms with Crippen LogP contribution >= 0.6 is 0 Å². The number of ether oxygens (including phenoxy) is 1. The quantitative estimate of drug-likeness (QED) is 0.732. The van der Waals surface area contributed by atoms with E-state index >= 15 is 0 Å². The average Bonchev–Trinajstić information content (AvgIpc) is 2.72. The summed E-state index contributed by atoms with van der Waals surface area (Å²) in [6, 6.07) is 0.579. The molecule has 0 bridgehead atoms. The van der Waals surface area contributed by atoms with Gasteiger partial charge in [0.05, 0.1) is 0 Å². The van der Waals surface area contributed by atoms with Gasteiger partial charge in [0.1, 0.15) is 6.10 Å². The molecule has 0 radical (unpaired) electrons. The Balaban J connectivity index is 1.45.